The number of hydrogen-bond donors (Lipinski definition) is 2. The van der Waals surface area contributed by atoms with Crippen LogP contribution < -0.4 is 10.1 Å². The highest BCUT2D eigenvalue weighted by Crippen LogP contribution is 2.26. The molecule has 2 N–H and O–H groups in total. The van der Waals surface area contributed by atoms with Crippen LogP contribution in [0.2, 0.25) is 0 Å². The lowest BCUT2D eigenvalue weighted by Crippen LogP contribution is -2.15. The van der Waals surface area contributed by atoms with Gasteiger partial charge in [-0.15, -0.1) is 0 Å². The monoisotopic (exact) mass is 289 g/mol. The molecule has 1 aromatic rings. The molecule has 0 aromatic heterocycles. The molecule has 4 heteroatoms. The Bertz CT molecular complexity index is 535. The number of phenols is 1. The molecule has 0 fully saturated rings. The molecule has 114 valence electrons. The second-order valence-corrected chi connectivity index (χ2v) is 5.08. The van der Waals surface area contributed by atoms with Gasteiger partial charge in [0.15, 0.2) is 11.5 Å². The van der Waals surface area contributed by atoms with Crippen molar-refractivity contribution in [1.82, 2.24) is 5.32 Å². The maximum absolute atomic E-state index is 9.72. The first kappa shape index (κ1) is 15.4. The molecule has 0 amide bonds. The zero-order valence-electron chi connectivity index (χ0n) is 12.7. The third-order valence-corrected chi connectivity index (χ3v) is 3.64. The van der Waals surface area contributed by atoms with E-state index in [4.69, 9.17) is 9.47 Å². The van der Waals surface area contributed by atoms with Gasteiger partial charge in [0.05, 0.1) is 20.0 Å². The maximum Gasteiger partial charge on any atom is 0.160 e. The van der Waals surface area contributed by atoms with Crippen molar-refractivity contribution < 1.29 is 14.6 Å². The minimum atomic E-state index is 0.184. The van der Waals surface area contributed by atoms with Gasteiger partial charge in [-0.2, -0.15) is 0 Å². The van der Waals surface area contributed by atoms with E-state index in [1.165, 1.54) is 5.57 Å². The van der Waals surface area contributed by atoms with Crippen molar-refractivity contribution in [3.05, 3.63) is 47.2 Å². The predicted octanol–water partition coefficient (Wildman–Crippen LogP) is 3.13. The Morgan fingerprint density at radius 3 is 2.62 bits per heavy atom. The summed E-state index contributed by atoms with van der Waals surface area (Å²) in [5, 5.41) is 13.1. The third-order valence-electron chi connectivity index (χ3n) is 3.64. The topological polar surface area (TPSA) is 50.7 Å². The van der Waals surface area contributed by atoms with Crippen molar-refractivity contribution in [3.8, 4) is 11.5 Å². The first-order chi connectivity index (χ1) is 10.2. The maximum atomic E-state index is 9.72. The average molecular weight is 289 g/mol. The van der Waals surface area contributed by atoms with E-state index >= 15 is 0 Å². The Hall–Kier alpha value is -1.94. The number of aromatic hydroxyl groups is 1. The Labute approximate surface area is 126 Å². The highest BCUT2D eigenvalue weighted by molar-refractivity contribution is 5.41. The first-order valence-electron chi connectivity index (χ1n) is 7.20. The summed E-state index contributed by atoms with van der Waals surface area (Å²) in [6.45, 7) is 1.67. The van der Waals surface area contributed by atoms with Crippen LogP contribution in [0.25, 0.3) is 0 Å². The fourth-order valence-electron chi connectivity index (χ4n) is 2.35. The molecule has 1 aliphatic carbocycles. The second-order valence-electron chi connectivity index (χ2n) is 5.08. The van der Waals surface area contributed by atoms with Gasteiger partial charge in [0.1, 0.15) is 0 Å². The molecule has 2 rings (SSSR count). The fraction of sp³-hybridized carbons (Fsp3) is 0.412. The molecule has 1 aliphatic rings. The highest BCUT2D eigenvalue weighted by Gasteiger charge is 2.05. The molecule has 1 aromatic carbocycles. The van der Waals surface area contributed by atoms with Crippen LogP contribution in [0, 0.1) is 0 Å². The van der Waals surface area contributed by atoms with Crippen molar-refractivity contribution in [1.29, 1.82) is 0 Å². The molecule has 0 radical (unpaired) electrons. The summed E-state index contributed by atoms with van der Waals surface area (Å²) in [6, 6.07) is 5.48. The average Bonchev–Trinajstić information content (AvgIpc) is 2.52. The summed E-state index contributed by atoms with van der Waals surface area (Å²) >= 11 is 0. The molecule has 0 saturated heterocycles. The van der Waals surface area contributed by atoms with Crippen LogP contribution in [0.15, 0.2) is 41.7 Å². The molecule has 0 spiro atoms. The number of allylic oxidation sites excluding steroid dienone is 2. The van der Waals surface area contributed by atoms with Crippen molar-refractivity contribution in [2.75, 3.05) is 20.8 Å². The molecule has 0 bridgehead atoms. The lowest BCUT2D eigenvalue weighted by Gasteiger charge is -2.13. The Morgan fingerprint density at radius 2 is 2.00 bits per heavy atom. The molecule has 4 nitrogen and oxygen atoms in total. The van der Waals surface area contributed by atoms with Gasteiger partial charge < -0.3 is 19.9 Å². The number of benzene rings is 1. The number of ether oxygens (including phenoxy) is 2. The molecular formula is C17H23NO3. The van der Waals surface area contributed by atoms with Crippen LogP contribution in [-0.2, 0) is 11.3 Å². The van der Waals surface area contributed by atoms with E-state index in [2.05, 4.69) is 17.5 Å². The van der Waals surface area contributed by atoms with Crippen molar-refractivity contribution in [2.45, 2.75) is 25.8 Å². The summed E-state index contributed by atoms with van der Waals surface area (Å²) in [5.74, 6) is 1.75. The molecule has 21 heavy (non-hydrogen) atoms. The van der Waals surface area contributed by atoms with Crippen LogP contribution in [-0.4, -0.2) is 25.9 Å². The Balaban J connectivity index is 1.71. The van der Waals surface area contributed by atoms with Gasteiger partial charge in [0.25, 0.3) is 0 Å². The molecule has 0 heterocycles. The van der Waals surface area contributed by atoms with Crippen LogP contribution in [0.1, 0.15) is 24.8 Å². The number of methoxy groups -OCH3 is 2. The van der Waals surface area contributed by atoms with E-state index in [1.54, 1.807) is 26.4 Å². The zero-order valence-corrected chi connectivity index (χ0v) is 12.7. The van der Waals surface area contributed by atoms with Crippen LogP contribution >= 0.6 is 0 Å². The Morgan fingerprint density at radius 1 is 1.14 bits per heavy atom. The zero-order chi connectivity index (χ0) is 15.1. The summed E-state index contributed by atoms with van der Waals surface area (Å²) in [7, 11) is 3.27. The smallest absolute Gasteiger partial charge is 0.160 e. The van der Waals surface area contributed by atoms with Gasteiger partial charge in [0.2, 0.25) is 0 Å². The van der Waals surface area contributed by atoms with Gasteiger partial charge in [-0.3, -0.25) is 0 Å². The lowest BCUT2D eigenvalue weighted by molar-refractivity contribution is 0.281. The van der Waals surface area contributed by atoms with Gasteiger partial charge in [-0.05, 0) is 43.2 Å². The SMILES string of the molecule is COC1=CCC(CCNCc2ccc(OC)c(O)c2)=CC1. The van der Waals surface area contributed by atoms with E-state index in [-0.39, 0.29) is 5.75 Å². The van der Waals surface area contributed by atoms with E-state index < -0.39 is 0 Å². The lowest BCUT2D eigenvalue weighted by atomic mass is 10.0. The van der Waals surface area contributed by atoms with Gasteiger partial charge in [-0.25, -0.2) is 0 Å². The Kier molecular flexibility index (Phi) is 5.69. The minimum absolute atomic E-state index is 0.184. The summed E-state index contributed by atoms with van der Waals surface area (Å²) in [5.41, 5.74) is 2.49. The summed E-state index contributed by atoms with van der Waals surface area (Å²) in [6.07, 6.45) is 7.32. The highest BCUT2D eigenvalue weighted by atomic mass is 16.5. The number of nitrogens with one attached hydrogen (secondary N) is 1. The van der Waals surface area contributed by atoms with E-state index in [1.807, 2.05) is 6.07 Å². The quantitative estimate of drug-likeness (QED) is 0.598. The molecule has 0 unspecified atom stereocenters. The standard InChI is InChI=1S/C17H23NO3/c1-20-15-6-3-13(4-7-15)9-10-18-12-14-5-8-17(21-2)16(19)11-14/h3,5,7-8,11,18-19H,4,6,9-10,12H2,1-2H3. The van der Waals surface area contributed by atoms with Crippen LogP contribution in [0.4, 0.5) is 0 Å². The van der Waals surface area contributed by atoms with Crippen molar-refractivity contribution >= 4 is 0 Å². The molecule has 0 atom stereocenters. The van der Waals surface area contributed by atoms with E-state index in [0.29, 0.717) is 5.75 Å². The fourth-order valence-corrected chi connectivity index (χ4v) is 2.35. The largest absolute Gasteiger partial charge is 0.504 e. The summed E-state index contributed by atoms with van der Waals surface area (Å²) < 4.78 is 10.2. The van der Waals surface area contributed by atoms with Gasteiger partial charge in [0, 0.05) is 13.0 Å². The molecule has 0 aliphatic heterocycles. The van der Waals surface area contributed by atoms with Crippen LogP contribution in [0.3, 0.4) is 0 Å². The second kappa shape index (κ2) is 7.74. The number of hydrogen-bond acceptors (Lipinski definition) is 4. The third kappa shape index (κ3) is 4.53. The normalized spacial score (nSPS) is 14.4. The van der Waals surface area contributed by atoms with Gasteiger partial charge >= 0.3 is 0 Å². The van der Waals surface area contributed by atoms with Crippen LogP contribution in [0.5, 0.6) is 11.5 Å². The number of phenolic OH excluding ortho intramolecular Hbond substituents is 1. The summed E-state index contributed by atoms with van der Waals surface area (Å²) in [4.78, 5) is 0. The first-order valence-corrected chi connectivity index (χ1v) is 7.20. The molecular weight excluding hydrogens is 266 g/mol. The minimum Gasteiger partial charge on any atom is -0.504 e. The van der Waals surface area contributed by atoms with Gasteiger partial charge in [-0.1, -0.05) is 17.7 Å². The number of rotatable bonds is 7. The predicted molar refractivity (Wildman–Crippen MR) is 83.4 cm³/mol. The van der Waals surface area contributed by atoms with E-state index in [9.17, 15) is 5.11 Å². The molecule has 0 saturated carbocycles. The van der Waals surface area contributed by atoms with Crippen molar-refractivity contribution in [2.24, 2.45) is 0 Å². The van der Waals surface area contributed by atoms with Crippen molar-refractivity contribution in [3.63, 3.8) is 0 Å². The van der Waals surface area contributed by atoms with E-state index in [0.717, 1.165) is 43.7 Å².